The van der Waals surface area contributed by atoms with E-state index in [2.05, 4.69) is 29.6 Å². The quantitative estimate of drug-likeness (QED) is 0.598. The molecule has 1 saturated heterocycles. The molecule has 4 rings (SSSR count). The maximum atomic E-state index is 13.3. The highest BCUT2D eigenvalue weighted by molar-refractivity contribution is 5.86. The van der Waals surface area contributed by atoms with E-state index < -0.39 is 18.1 Å². The number of nitrogens with zero attached hydrogens (tertiary/aromatic N) is 1. The molecule has 0 bridgehead atoms. The van der Waals surface area contributed by atoms with Gasteiger partial charge in [-0.1, -0.05) is 61.9 Å². The largest absolute Gasteiger partial charge is 0.481 e. The Hall–Kier alpha value is -3.35. The van der Waals surface area contributed by atoms with Crippen LogP contribution < -0.4 is 5.32 Å². The fraction of sp³-hybridized carbons (Fsp3) is 0.444. The number of rotatable bonds is 8. The Morgan fingerprint density at radius 3 is 2.32 bits per heavy atom. The van der Waals surface area contributed by atoms with Gasteiger partial charge in [0.2, 0.25) is 5.91 Å². The SMILES string of the molecule is CCC[C@H](NC(=O)OCC1c2ccccc2-c2ccccc21)C(=O)N1CCCC[C@@H]1CC(=O)O. The lowest BCUT2D eigenvalue weighted by molar-refractivity contribution is -0.143. The lowest BCUT2D eigenvalue weighted by Gasteiger charge is -2.37. The smallest absolute Gasteiger partial charge is 0.407 e. The number of hydrogen-bond acceptors (Lipinski definition) is 4. The zero-order chi connectivity index (χ0) is 24.1. The van der Waals surface area contributed by atoms with E-state index in [-0.39, 0.29) is 30.9 Å². The number of carboxylic acid groups (broad SMARTS) is 1. The molecule has 0 aromatic heterocycles. The molecule has 2 aromatic rings. The summed E-state index contributed by atoms with van der Waals surface area (Å²) in [5.74, 6) is -1.19. The van der Waals surface area contributed by atoms with Crippen molar-refractivity contribution in [2.24, 2.45) is 0 Å². The minimum atomic E-state index is -0.916. The lowest BCUT2D eigenvalue weighted by atomic mass is 9.97. The fourth-order valence-corrected chi connectivity index (χ4v) is 5.23. The first-order chi connectivity index (χ1) is 16.5. The van der Waals surface area contributed by atoms with E-state index in [1.54, 1.807) is 4.90 Å². The van der Waals surface area contributed by atoms with Gasteiger partial charge in [0.1, 0.15) is 12.6 Å². The Morgan fingerprint density at radius 1 is 1.06 bits per heavy atom. The molecule has 0 spiro atoms. The second-order valence-corrected chi connectivity index (χ2v) is 9.09. The molecule has 1 aliphatic carbocycles. The molecule has 0 unspecified atom stereocenters. The Morgan fingerprint density at radius 2 is 1.71 bits per heavy atom. The van der Waals surface area contributed by atoms with Crippen molar-refractivity contribution in [3.05, 3.63) is 59.7 Å². The van der Waals surface area contributed by atoms with Gasteiger partial charge in [-0.3, -0.25) is 9.59 Å². The van der Waals surface area contributed by atoms with Crippen molar-refractivity contribution in [3.63, 3.8) is 0 Å². The molecule has 2 amide bonds. The predicted molar refractivity (Wildman–Crippen MR) is 129 cm³/mol. The van der Waals surface area contributed by atoms with Crippen LogP contribution in [0.1, 0.15) is 62.5 Å². The molecule has 1 heterocycles. The zero-order valence-corrected chi connectivity index (χ0v) is 19.5. The molecule has 0 radical (unpaired) electrons. The first kappa shape index (κ1) is 23.8. The summed E-state index contributed by atoms with van der Waals surface area (Å²) in [6.45, 7) is 2.65. The summed E-state index contributed by atoms with van der Waals surface area (Å²) in [4.78, 5) is 38.9. The van der Waals surface area contributed by atoms with Crippen molar-refractivity contribution in [2.45, 2.75) is 63.5 Å². The molecule has 7 nitrogen and oxygen atoms in total. The number of alkyl carbamates (subject to hydrolysis) is 1. The Labute approximate surface area is 200 Å². The highest BCUT2D eigenvalue weighted by atomic mass is 16.5. The molecule has 2 aromatic carbocycles. The summed E-state index contributed by atoms with van der Waals surface area (Å²) in [6, 6.07) is 15.2. The normalized spacial score (nSPS) is 18.0. The van der Waals surface area contributed by atoms with Crippen LogP contribution in [0.4, 0.5) is 4.79 Å². The maximum Gasteiger partial charge on any atom is 0.407 e. The predicted octanol–water partition coefficient (Wildman–Crippen LogP) is 4.55. The van der Waals surface area contributed by atoms with E-state index in [1.165, 1.54) is 0 Å². The van der Waals surface area contributed by atoms with Crippen molar-refractivity contribution >= 4 is 18.0 Å². The summed E-state index contributed by atoms with van der Waals surface area (Å²) in [6.07, 6.45) is 2.89. The number of carboxylic acids is 1. The molecular weight excluding hydrogens is 432 g/mol. The first-order valence-corrected chi connectivity index (χ1v) is 12.1. The van der Waals surface area contributed by atoms with Crippen LogP contribution in [0.5, 0.6) is 0 Å². The van der Waals surface area contributed by atoms with Gasteiger partial charge in [0, 0.05) is 18.5 Å². The standard InChI is InChI=1S/C27H32N2O5/c1-2-9-24(26(32)29-15-8-7-10-18(29)16-25(30)31)28-27(33)34-17-23-21-13-5-3-11-19(21)20-12-4-6-14-22(20)23/h3-6,11-14,18,23-24H,2,7-10,15-17H2,1H3,(H,28,33)(H,30,31)/t18-,24+/m1/s1. The monoisotopic (exact) mass is 464 g/mol. The molecule has 2 atom stereocenters. The van der Waals surface area contributed by atoms with E-state index in [4.69, 9.17) is 4.74 Å². The van der Waals surface area contributed by atoms with Crippen LogP contribution in [-0.4, -0.2) is 53.2 Å². The number of piperidine rings is 1. The molecule has 34 heavy (non-hydrogen) atoms. The molecule has 7 heteroatoms. The number of benzene rings is 2. The molecule has 180 valence electrons. The second kappa shape index (κ2) is 10.7. The number of carbonyl (C=O) groups is 3. The van der Waals surface area contributed by atoms with Gasteiger partial charge < -0.3 is 20.1 Å². The molecule has 2 aliphatic rings. The summed E-state index contributed by atoms with van der Waals surface area (Å²) in [7, 11) is 0. The Balaban J connectivity index is 1.42. The first-order valence-electron chi connectivity index (χ1n) is 12.1. The second-order valence-electron chi connectivity index (χ2n) is 9.09. The van der Waals surface area contributed by atoms with E-state index in [0.29, 0.717) is 25.8 Å². The molecule has 1 aliphatic heterocycles. The van der Waals surface area contributed by atoms with Gasteiger partial charge in [-0.2, -0.15) is 0 Å². The minimum Gasteiger partial charge on any atom is -0.481 e. The summed E-state index contributed by atoms with van der Waals surface area (Å²) < 4.78 is 5.63. The van der Waals surface area contributed by atoms with Gasteiger partial charge in [-0.25, -0.2) is 4.79 Å². The third kappa shape index (κ3) is 5.08. The van der Waals surface area contributed by atoms with Crippen LogP contribution in [-0.2, 0) is 14.3 Å². The molecule has 0 saturated carbocycles. The Bertz CT molecular complexity index is 1010. The van der Waals surface area contributed by atoms with Gasteiger partial charge in [-0.05, 0) is 47.9 Å². The maximum absolute atomic E-state index is 13.3. The van der Waals surface area contributed by atoms with Crippen molar-refractivity contribution in [3.8, 4) is 11.1 Å². The zero-order valence-electron chi connectivity index (χ0n) is 19.5. The van der Waals surface area contributed by atoms with E-state index in [1.807, 2.05) is 31.2 Å². The van der Waals surface area contributed by atoms with Crippen LogP contribution in [0.15, 0.2) is 48.5 Å². The Kier molecular flexibility index (Phi) is 7.50. The van der Waals surface area contributed by atoms with Crippen LogP contribution in [0.3, 0.4) is 0 Å². The highest BCUT2D eigenvalue weighted by Gasteiger charge is 2.34. The van der Waals surface area contributed by atoms with Crippen molar-refractivity contribution in [1.29, 1.82) is 0 Å². The minimum absolute atomic E-state index is 0.0551. The third-order valence-electron chi connectivity index (χ3n) is 6.83. The van der Waals surface area contributed by atoms with E-state index in [0.717, 1.165) is 35.1 Å². The average Bonchev–Trinajstić information content (AvgIpc) is 3.16. The van der Waals surface area contributed by atoms with Crippen LogP contribution in [0.25, 0.3) is 11.1 Å². The average molecular weight is 465 g/mol. The highest BCUT2D eigenvalue weighted by Crippen LogP contribution is 2.44. The van der Waals surface area contributed by atoms with Gasteiger partial charge in [-0.15, -0.1) is 0 Å². The summed E-state index contributed by atoms with van der Waals surface area (Å²) in [5, 5.41) is 12.0. The molecule has 1 fully saturated rings. The number of carbonyl (C=O) groups excluding carboxylic acids is 2. The van der Waals surface area contributed by atoms with Crippen LogP contribution in [0, 0.1) is 0 Å². The van der Waals surface area contributed by atoms with Gasteiger partial charge >= 0.3 is 12.1 Å². The van der Waals surface area contributed by atoms with Crippen LogP contribution in [0.2, 0.25) is 0 Å². The summed E-state index contributed by atoms with van der Waals surface area (Å²) in [5.41, 5.74) is 4.56. The number of hydrogen-bond donors (Lipinski definition) is 2. The number of nitrogens with one attached hydrogen (secondary N) is 1. The fourth-order valence-electron chi connectivity index (χ4n) is 5.23. The third-order valence-corrected chi connectivity index (χ3v) is 6.83. The number of aliphatic carboxylic acids is 1. The number of fused-ring (bicyclic) bond motifs is 3. The van der Waals surface area contributed by atoms with E-state index >= 15 is 0 Å². The van der Waals surface area contributed by atoms with E-state index in [9.17, 15) is 19.5 Å². The van der Waals surface area contributed by atoms with Crippen LogP contribution >= 0.6 is 0 Å². The number of likely N-dealkylation sites (tertiary alicyclic amines) is 1. The number of amides is 2. The van der Waals surface area contributed by atoms with Crippen molar-refractivity contribution in [1.82, 2.24) is 10.2 Å². The number of ether oxygens (including phenoxy) is 1. The topological polar surface area (TPSA) is 95.9 Å². The van der Waals surface area contributed by atoms with Crippen molar-refractivity contribution in [2.75, 3.05) is 13.2 Å². The van der Waals surface area contributed by atoms with Crippen molar-refractivity contribution < 1.29 is 24.2 Å². The van der Waals surface area contributed by atoms with Gasteiger partial charge in [0.25, 0.3) is 0 Å². The lowest BCUT2D eigenvalue weighted by Crippen LogP contribution is -2.54. The molecule has 2 N–H and O–H groups in total. The molecular formula is C27H32N2O5. The summed E-state index contributed by atoms with van der Waals surface area (Å²) >= 11 is 0. The van der Waals surface area contributed by atoms with Gasteiger partial charge in [0.15, 0.2) is 0 Å². The van der Waals surface area contributed by atoms with Gasteiger partial charge in [0.05, 0.1) is 6.42 Å².